The maximum absolute atomic E-state index is 12.3. The van der Waals surface area contributed by atoms with Crippen molar-refractivity contribution >= 4 is 5.91 Å². The summed E-state index contributed by atoms with van der Waals surface area (Å²) in [5.74, 6) is 0.0175. The molecule has 1 fully saturated rings. The van der Waals surface area contributed by atoms with E-state index >= 15 is 0 Å². The normalized spacial score (nSPS) is 24.7. The van der Waals surface area contributed by atoms with Crippen LogP contribution in [0.2, 0.25) is 0 Å². The first-order valence-electron chi connectivity index (χ1n) is 6.41. The molecule has 1 aromatic rings. The van der Waals surface area contributed by atoms with Gasteiger partial charge in [-0.3, -0.25) is 9.78 Å². The highest BCUT2D eigenvalue weighted by atomic mass is 16.3. The van der Waals surface area contributed by atoms with Gasteiger partial charge < -0.3 is 10.0 Å². The van der Waals surface area contributed by atoms with Crippen LogP contribution in [0.15, 0.2) is 18.5 Å². The third kappa shape index (κ3) is 3.07. The Labute approximate surface area is 108 Å². The molecule has 1 unspecified atom stereocenters. The summed E-state index contributed by atoms with van der Waals surface area (Å²) in [6.45, 7) is 5.09. The SMILES string of the molecule is Cc1cncc(C(=O)N2CCCC(C)(O)CC2)c1. The van der Waals surface area contributed by atoms with Gasteiger partial charge in [0.15, 0.2) is 0 Å². The van der Waals surface area contributed by atoms with E-state index in [1.807, 2.05) is 24.8 Å². The Balaban J connectivity index is 2.10. The molecule has 0 saturated carbocycles. The Morgan fingerprint density at radius 1 is 1.39 bits per heavy atom. The van der Waals surface area contributed by atoms with Gasteiger partial charge in [-0.15, -0.1) is 0 Å². The number of nitrogens with zero attached hydrogens (tertiary/aromatic N) is 2. The lowest BCUT2D eigenvalue weighted by molar-refractivity contribution is 0.0438. The van der Waals surface area contributed by atoms with Gasteiger partial charge in [0, 0.05) is 25.5 Å². The molecular formula is C14H20N2O2. The van der Waals surface area contributed by atoms with E-state index in [4.69, 9.17) is 0 Å². The number of carbonyl (C=O) groups is 1. The molecule has 1 atom stereocenters. The second-order valence-corrected chi connectivity index (χ2v) is 5.39. The summed E-state index contributed by atoms with van der Waals surface area (Å²) in [7, 11) is 0. The molecule has 98 valence electrons. The fraction of sp³-hybridized carbons (Fsp3) is 0.571. The van der Waals surface area contributed by atoms with Gasteiger partial charge >= 0.3 is 0 Å². The summed E-state index contributed by atoms with van der Waals surface area (Å²) >= 11 is 0. The fourth-order valence-corrected chi connectivity index (χ4v) is 2.32. The summed E-state index contributed by atoms with van der Waals surface area (Å²) in [5, 5.41) is 10.0. The Bertz CT molecular complexity index is 443. The van der Waals surface area contributed by atoms with E-state index in [1.165, 1.54) is 0 Å². The van der Waals surface area contributed by atoms with Gasteiger partial charge in [-0.2, -0.15) is 0 Å². The van der Waals surface area contributed by atoms with Crippen LogP contribution in [0.1, 0.15) is 42.1 Å². The zero-order chi connectivity index (χ0) is 13.2. The minimum Gasteiger partial charge on any atom is -0.390 e. The second kappa shape index (κ2) is 5.06. The zero-order valence-electron chi connectivity index (χ0n) is 11.0. The minimum atomic E-state index is -0.639. The van der Waals surface area contributed by atoms with Crippen LogP contribution in [0.25, 0.3) is 0 Å². The molecule has 2 heterocycles. The molecule has 4 heteroatoms. The van der Waals surface area contributed by atoms with Crippen LogP contribution in [0, 0.1) is 6.92 Å². The van der Waals surface area contributed by atoms with Crippen molar-refractivity contribution in [1.29, 1.82) is 0 Å². The van der Waals surface area contributed by atoms with Crippen molar-refractivity contribution in [3.05, 3.63) is 29.6 Å². The zero-order valence-corrected chi connectivity index (χ0v) is 11.0. The van der Waals surface area contributed by atoms with Crippen LogP contribution >= 0.6 is 0 Å². The maximum atomic E-state index is 12.3. The molecule has 0 spiro atoms. The predicted molar refractivity (Wildman–Crippen MR) is 69.4 cm³/mol. The van der Waals surface area contributed by atoms with Gasteiger partial charge in [0.1, 0.15) is 0 Å². The monoisotopic (exact) mass is 248 g/mol. The van der Waals surface area contributed by atoms with Crippen molar-refractivity contribution in [2.24, 2.45) is 0 Å². The van der Waals surface area contributed by atoms with Crippen LogP contribution < -0.4 is 0 Å². The first-order valence-corrected chi connectivity index (χ1v) is 6.41. The van der Waals surface area contributed by atoms with Gasteiger partial charge in [-0.05, 0) is 44.7 Å². The first-order chi connectivity index (χ1) is 8.48. The number of aliphatic hydroxyl groups is 1. The van der Waals surface area contributed by atoms with Crippen LogP contribution in [-0.4, -0.2) is 39.6 Å². The Morgan fingerprint density at radius 2 is 2.17 bits per heavy atom. The number of hydrogen-bond acceptors (Lipinski definition) is 3. The topological polar surface area (TPSA) is 53.4 Å². The van der Waals surface area contributed by atoms with Crippen molar-refractivity contribution in [3.8, 4) is 0 Å². The first kappa shape index (κ1) is 13.0. The van der Waals surface area contributed by atoms with Crippen molar-refractivity contribution in [2.45, 2.75) is 38.7 Å². The molecule has 1 aromatic heterocycles. The standard InChI is InChI=1S/C14H20N2O2/c1-11-8-12(10-15-9-11)13(17)16-6-3-4-14(2,18)5-7-16/h8-10,18H,3-7H2,1-2H3. The lowest BCUT2D eigenvalue weighted by Gasteiger charge is -2.22. The highest BCUT2D eigenvalue weighted by molar-refractivity contribution is 5.94. The summed E-state index contributed by atoms with van der Waals surface area (Å²) in [6, 6.07) is 1.86. The highest BCUT2D eigenvalue weighted by Gasteiger charge is 2.27. The number of pyridine rings is 1. The maximum Gasteiger partial charge on any atom is 0.255 e. The molecule has 0 bridgehead atoms. The molecular weight excluding hydrogens is 228 g/mol. The number of carbonyl (C=O) groups excluding carboxylic acids is 1. The van der Waals surface area contributed by atoms with E-state index in [-0.39, 0.29) is 5.91 Å². The summed E-state index contributed by atoms with van der Waals surface area (Å²) < 4.78 is 0. The molecule has 1 amide bonds. The number of hydrogen-bond donors (Lipinski definition) is 1. The molecule has 0 aliphatic carbocycles. The van der Waals surface area contributed by atoms with Crippen LogP contribution in [0.4, 0.5) is 0 Å². The highest BCUT2D eigenvalue weighted by Crippen LogP contribution is 2.22. The quantitative estimate of drug-likeness (QED) is 0.824. The van der Waals surface area contributed by atoms with Gasteiger partial charge in [0.25, 0.3) is 5.91 Å². The number of aryl methyl sites for hydroxylation is 1. The molecule has 1 N–H and O–H groups in total. The molecule has 18 heavy (non-hydrogen) atoms. The van der Waals surface area contributed by atoms with Crippen LogP contribution in [-0.2, 0) is 0 Å². The summed E-state index contributed by atoms with van der Waals surface area (Å²) in [6.07, 6.45) is 5.58. The molecule has 0 aromatic carbocycles. The number of amides is 1. The van der Waals surface area contributed by atoms with Crippen molar-refractivity contribution in [2.75, 3.05) is 13.1 Å². The lowest BCUT2D eigenvalue weighted by Crippen LogP contribution is -2.33. The number of likely N-dealkylation sites (tertiary alicyclic amines) is 1. The van der Waals surface area contributed by atoms with Gasteiger partial charge in [0.2, 0.25) is 0 Å². The second-order valence-electron chi connectivity index (χ2n) is 5.39. The molecule has 1 aliphatic heterocycles. The van der Waals surface area contributed by atoms with Crippen molar-refractivity contribution < 1.29 is 9.90 Å². The van der Waals surface area contributed by atoms with Gasteiger partial charge in [-0.25, -0.2) is 0 Å². The van der Waals surface area contributed by atoms with Crippen LogP contribution in [0.5, 0.6) is 0 Å². The third-order valence-corrected chi connectivity index (χ3v) is 3.47. The van der Waals surface area contributed by atoms with Crippen molar-refractivity contribution in [3.63, 3.8) is 0 Å². The van der Waals surface area contributed by atoms with E-state index in [2.05, 4.69) is 4.98 Å². The summed E-state index contributed by atoms with van der Waals surface area (Å²) in [4.78, 5) is 18.2. The number of aromatic nitrogens is 1. The van der Waals surface area contributed by atoms with Gasteiger partial charge in [-0.1, -0.05) is 0 Å². The van der Waals surface area contributed by atoms with Crippen LogP contribution in [0.3, 0.4) is 0 Å². The predicted octanol–water partition coefficient (Wildman–Crippen LogP) is 1.77. The van der Waals surface area contributed by atoms with E-state index in [1.54, 1.807) is 12.4 Å². The van der Waals surface area contributed by atoms with Gasteiger partial charge in [0.05, 0.1) is 11.2 Å². The van der Waals surface area contributed by atoms with E-state index in [0.717, 1.165) is 18.4 Å². The van der Waals surface area contributed by atoms with E-state index in [0.29, 0.717) is 25.1 Å². The smallest absolute Gasteiger partial charge is 0.255 e. The third-order valence-electron chi connectivity index (χ3n) is 3.47. The van der Waals surface area contributed by atoms with E-state index < -0.39 is 5.60 Å². The molecule has 0 radical (unpaired) electrons. The largest absolute Gasteiger partial charge is 0.390 e. The number of rotatable bonds is 1. The lowest BCUT2D eigenvalue weighted by atomic mass is 9.98. The Hall–Kier alpha value is -1.42. The van der Waals surface area contributed by atoms with E-state index in [9.17, 15) is 9.90 Å². The molecule has 1 saturated heterocycles. The fourth-order valence-electron chi connectivity index (χ4n) is 2.32. The summed E-state index contributed by atoms with van der Waals surface area (Å²) in [5.41, 5.74) is 0.985. The molecule has 2 rings (SSSR count). The average Bonchev–Trinajstić information content (AvgIpc) is 2.49. The molecule has 1 aliphatic rings. The minimum absolute atomic E-state index is 0.0175. The average molecular weight is 248 g/mol. The van der Waals surface area contributed by atoms with Crippen molar-refractivity contribution in [1.82, 2.24) is 9.88 Å². The Kier molecular flexibility index (Phi) is 3.66. The Morgan fingerprint density at radius 3 is 2.89 bits per heavy atom. The molecule has 4 nitrogen and oxygen atoms in total.